The summed E-state index contributed by atoms with van der Waals surface area (Å²) in [5.74, 6) is -3.40. The zero-order chi connectivity index (χ0) is 31.9. The van der Waals surface area contributed by atoms with Crippen LogP contribution in [0.15, 0.2) is 71.6 Å². The van der Waals surface area contributed by atoms with Crippen LogP contribution < -0.4 is 10.6 Å². The maximum atomic E-state index is 13.6. The van der Waals surface area contributed by atoms with Crippen LogP contribution >= 0.6 is 23.1 Å². The van der Waals surface area contributed by atoms with Gasteiger partial charge in [-0.05, 0) is 55.0 Å². The number of thiophene rings is 1. The zero-order valence-corrected chi connectivity index (χ0v) is 26.9. The first-order valence-corrected chi connectivity index (χ1v) is 16.7. The van der Waals surface area contributed by atoms with Gasteiger partial charge in [-0.1, -0.05) is 55.5 Å². The largest absolute Gasteiger partial charge is 0.481 e. The van der Waals surface area contributed by atoms with Gasteiger partial charge < -0.3 is 20.5 Å². The Hall–Kier alpha value is -3.93. The van der Waals surface area contributed by atoms with Crippen LogP contribution in [-0.2, 0) is 38.6 Å². The third-order valence-corrected chi connectivity index (χ3v) is 10.6. The average molecular weight is 648 g/mol. The summed E-state index contributed by atoms with van der Waals surface area (Å²) < 4.78 is 5.12. The normalized spacial score (nSPS) is 18.4. The number of hydrogen-bond acceptors (Lipinski definition) is 8. The molecule has 1 aliphatic heterocycles. The molecule has 0 saturated heterocycles. The second-order valence-corrected chi connectivity index (χ2v) is 13.5. The number of fused-ring (bicyclic) bond motifs is 1. The van der Waals surface area contributed by atoms with E-state index in [1.54, 1.807) is 24.3 Å². The Morgan fingerprint density at radius 2 is 1.80 bits per heavy atom. The van der Waals surface area contributed by atoms with E-state index < -0.39 is 29.0 Å². The molecule has 2 amide bonds. The number of allylic oxidation sites excluding steroid dienone is 2. The molecule has 0 radical (unpaired) electrons. The van der Waals surface area contributed by atoms with Gasteiger partial charge >= 0.3 is 11.9 Å². The van der Waals surface area contributed by atoms with E-state index in [0.717, 1.165) is 28.4 Å². The number of aliphatic carboxylic acids is 1. The molecule has 1 aromatic heterocycles. The van der Waals surface area contributed by atoms with Gasteiger partial charge in [-0.2, -0.15) is 0 Å². The fourth-order valence-corrected chi connectivity index (χ4v) is 8.07. The molecule has 0 fully saturated rings. The lowest BCUT2D eigenvalue weighted by molar-refractivity contribution is -0.146. The Bertz CT molecular complexity index is 1590. The van der Waals surface area contributed by atoms with E-state index in [1.165, 1.54) is 35.8 Å². The number of carboxylic acid groups (broad SMARTS) is 1. The van der Waals surface area contributed by atoms with Gasteiger partial charge in [0.2, 0.25) is 11.8 Å². The molecule has 0 saturated carbocycles. The van der Waals surface area contributed by atoms with Gasteiger partial charge in [0.05, 0.1) is 29.8 Å². The number of hydrogen-bond donors (Lipinski definition) is 3. The van der Waals surface area contributed by atoms with Crippen LogP contribution in [-0.4, -0.2) is 52.7 Å². The van der Waals surface area contributed by atoms with Crippen molar-refractivity contribution in [3.8, 4) is 0 Å². The predicted molar refractivity (Wildman–Crippen MR) is 177 cm³/mol. The van der Waals surface area contributed by atoms with Gasteiger partial charge in [0.15, 0.2) is 0 Å². The number of nitrogens with zero attached hydrogens (tertiary/aromatic N) is 1. The Morgan fingerprint density at radius 1 is 1.04 bits per heavy atom. The lowest BCUT2D eigenvalue weighted by Gasteiger charge is -2.27. The van der Waals surface area contributed by atoms with Gasteiger partial charge in [0.1, 0.15) is 5.00 Å². The van der Waals surface area contributed by atoms with Crippen LogP contribution in [0.1, 0.15) is 52.5 Å². The second kappa shape index (κ2) is 14.9. The minimum Gasteiger partial charge on any atom is -0.481 e. The van der Waals surface area contributed by atoms with E-state index in [0.29, 0.717) is 48.5 Å². The monoisotopic (exact) mass is 647 g/mol. The highest BCUT2D eigenvalue weighted by molar-refractivity contribution is 8.00. The summed E-state index contributed by atoms with van der Waals surface area (Å²) in [6.07, 6.45) is 5.57. The summed E-state index contributed by atoms with van der Waals surface area (Å²) in [6, 6.07) is 17.5. The first kappa shape index (κ1) is 32.5. The van der Waals surface area contributed by atoms with Gasteiger partial charge in [-0.25, -0.2) is 4.79 Å². The van der Waals surface area contributed by atoms with Crippen molar-refractivity contribution in [2.45, 2.75) is 55.8 Å². The van der Waals surface area contributed by atoms with E-state index in [1.807, 2.05) is 37.3 Å². The van der Waals surface area contributed by atoms with Crippen LogP contribution in [0.25, 0.3) is 0 Å². The number of nitrogens with one attached hydrogen (secondary N) is 2. The van der Waals surface area contributed by atoms with Gasteiger partial charge in [-0.3, -0.25) is 19.3 Å². The third-order valence-electron chi connectivity index (χ3n) is 8.14. The summed E-state index contributed by atoms with van der Waals surface area (Å²) in [5.41, 5.74) is 3.14. The van der Waals surface area contributed by atoms with Crippen molar-refractivity contribution in [2.24, 2.45) is 11.8 Å². The van der Waals surface area contributed by atoms with Gasteiger partial charge in [0.25, 0.3) is 0 Å². The van der Waals surface area contributed by atoms with E-state index in [4.69, 9.17) is 4.74 Å². The number of benzene rings is 2. The quantitative estimate of drug-likeness (QED) is 0.128. The lowest BCUT2D eigenvalue weighted by Crippen LogP contribution is -2.34. The van der Waals surface area contributed by atoms with E-state index >= 15 is 0 Å². The van der Waals surface area contributed by atoms with Crippen molar-refractivity contribution >= 4 is 57.5 Å². The molecular weight excluding hydrogens is 611 g/mol. The third kappa shape index (κ3) is 7.84. The highest BCUT2D eigenvalue weighted by Gasteiger charge is 2.34. The number of carbonyl (C=O) groups is 4. The summed E-state index contributed by atoms with van der Waals surface area (Å²) in [6.45, 7) is 4.21. The molecule has 3 N–H and O–H groups in total. The molecule has 3 atom stereocenters. The number of thioether (sulfide) groups is 1. The fraction of sp³-hybridized carbons (Fsp3) is 0.353. The Labute approximate surface area is 271 Å². The maximum Gasteiger partial charge on any atom is 0.341 e. The molecule has 45 heavy (non-hydrogen) atoms. The van der Waals surface area contributed by atoms with E-state index in [9.17, 15) is 24.3 Å². The number of carboxylic acids is 1. The number of esters is 1. The molecule has 5 rings (SSSR count). The fourth-order valence-electron chi connectivity index (χ4n) is 5.78. The van der Waals surface area contributed by atoms with Crippen molar-refractivity contribution in [2.75, 3.05) is 24.3 Å². The highest BCUT2D eigenvalue weighted by atomic mass is 32.2. The molecule has 2 heterocycles. The molecule has 236 valence electrons. The smallest absolute Gasteiger partial charge is 0.341 e. The molecule has 2 aromatic carbocycles. The Kier molecular flexibility index (Phi) is 10.7. The van der Waals surface area contributed by atoms with Crippen molar-refractivity contribution in [1.29, 1.82) is 0 Å². The van der Waals surface area contributed by atoms with Crippen LogP contribution in [0.4, 0.5) is 10.7 Å². The molecular formula is C34H37N3O6S2. The minimum atomic E-state index is -0.980. The number of ether oxygens (including phenoxy) is 1. The summed E-state index contributed by atoms with van der Waals surface area (Å²) in [5, 5.41) is 15.5. The molecule has 11 heteroatoms. The van der Waals surface area contributed by atoms with E-state index in [2.05, 4.69) is 27.7 Å². The first-order valence-electron chi connectivity index (χ1n) is 15.0. The van der Waals surface area contributed by atoms with E-state index in [-0.39, 0.29) is 11.8 Å². The Morgan fingerprint density at radius 3 is 2.51 bits per heavy atom. The van der Waals surface area contributed by atoms with Crippen molar-refractivity contribution in [3.05, 3.63) is 88.3 Å². The molecule has 2 aliphatic rings. The number of methoxy groups -OCH3 is 1. The van der Waals surface area contributed by atoms with Gasteiger partial charge in [-0.15, -0.1) is 23.1 Å². The van der Waals surface area contributed by atoms with Crippen LogP contribution in [0.2, 0.25) is 0 Å². The summed E-state index contributed by atoms with van der Waals surface area (Å²) >= 11 is 2.80. The molecule has 0 bridgehead atoms. The molecule has 3 aromatic rings. The molecule has 3 unspecified atom stereocenters. The summed E-state index contributed by atoms with van der Waals surface area (Å²) in [7, 11) is 1.35. The number of anilines is 2. The molecule has 0 spiro atoms. The number of amides is 2. The zero-order valence-electron chi connectivity index (χ0n) is 25.3. The summed E-state index contributed by atoms with van der Waals surface area (Å²) in [4.78, 5) is 55.3. The first-order chi connectivity index (χ1) is 21.8. The standard InChI is InChI=1S/C34H37N3O6S2/c1-3-27(44-23-13-9-12-22(18-23)35-30(38)24-14-7-8-15-25(24)33(40)41)31(39)36-32-29(34(42)43-2)26-16-17-37(20-28(26)45-32)19-21-10-5-4-6-11-21/h4-13,18,24-25,27H,3,14-17,19-20H2,1-2H3,(H,35,38)(H,36,39)(H,40,41). The number of carbonyl (C=O) groups excluding carboxylic acids is 3. The topological polar surface area (TPSA) is 125 Å². The van der Waals surface area contributed by atoms with Crippen LogP contribution in [0.5, 0.6) is 0 Å². The lowest BCUT2D eigenvalue weighted by atomic mass is 9.82. The van der Waals surface area contributed by atoms with Crippen molar-refractivity contribution in [1.82, 2.24) is 4.90 Å². The van der Waals surface area contributed by atoms with Crippen molar-refractivity contribution in [3.63, 3.8) is 0 Å². The average Bonchev–Trinajstić information content (AvgIpc) is 3.40. The number of rotatable bonds is 11. The maximum absolute atomic E-state index is 13.6. The highest BCUT2D eigenvalue weighted by Crippen LogP contribution is 2.39. The van der Waals surface area contributed by atoms with Crippen LogP contribution in [0.3, 0.4) is 0 Å². The second-order valence-electron chi connectivity index (χ2n) is 11.2. The predicted octanol–water partition coefficient (Wildman–Crippen LogP) is 6.21. The minimum absolute atomic E-state index is 0.222. The molecule has 1 aliphatic carbocycles. The molecule has 9 nitrogen and oxygen atoms in total. The SMILES string of the molecule is CCC(Sc1cccc(NC(=O)C2CC=CCC2C(=O)O)c1)C(=O)Nc1sc2c(c1C(=O)OC)CCN(Cc1ccccc1)C2. The Balaban J connectivity index is 1.27. The van der Waals surface area contributed by atoms with Gasteiger partial charge in [0, 0.05) is 35.1 Å². The van der Waals surface area contributed by atoms with Crippen molar-refractivity contribution < 1.29 is 29.0 Å². The van der Waals surface area contributed by atoms with Crippen LogP contribution in [0, 0.1) is 11.8 Å².